The molecule has 1 rings (SSSR count). The summed E-state index contributed by atoms with van der Waals surface area (Å²) in [5, 5.41) is 20.5. The fraction of sp³-hybridized carbons (Fsp3) is 0.250. The van der Waals surface area contributed by atoms with Crippen molar-refractivity contribution in [2.75, 3.05) is 13.7 Å². The molecule has 0 radical (unpaired) electrons. The maximum absolute atomic E-state index is 11.3. The van der Waals surface area contributed by atoms with E-state index in [9.17, 15) is 20.0 Å². The highest BCUT2D eigenvalue weighted by Crippen LogP contribution is 2.33. The van der Waals surface area contributed by atoms with E-state index < -0.39 is 16.7 Å². The van der Waals surface area contributed by atoms with Crippen LogP contribution in [0, 0.1) is 10.1 Å². The van der Waals surface area contributed by atoms with Crippen molar-refractivity contribution in [2.45, 2.75) is 6.92 Å². The molecule has 0 bridgehead atoms. The standard InChI is InChI=1S/C12H12BrNO6/c1-3-20-12(16)10(15)5-7-4-8(13)11(19-2)6-9(7)14(17)18/h4-6,15H,3H2,1-2H3. The molecule has 0 aliphatic carbocycles. The molecule has 0 aliphatic heterocycles. The molecule has 1 aromatic rings. The molecule has 0 aliphatic rings. The second kappa shape index (κ2) is 6.90. The molecule has 108 valence electrons. The van der Waals surface area contributed by atoms with E-state index in [1.807, 2.05) is 0 Å². The average molecular weight is 346 g/mol. The molecule has 0 spiro atoms. The maximum atomic E-state index is 11.3. The van der Waals surface area contributed by atoms with Gasteiger partial charge >= 0.3 is 5.97 Å². The van der Waals surface area contributed by atoms with E-state index in [-0.39, 0.29) is 23.6 Å². The molecule has 1 N–H and O–H groups in total. The molecule has 0 unspecified atom stereocenters. The topological polar surface area (TPSA) is 98.9 Å². The van der Waals surface area contributed by atoms with E-state index in [0.717, 1.165) is 6.08 Å². The summed E-state index contributed by atoms with van der Waals surface area (Å²) in [6.07, 6.45) is 0.973. The van der Waals surface area contributed by atoms with E-state index in [1.54, 1.807) is 6.92 Å². The largest absolute Gasteiger partial charge is 0.502 e. The summed E-state index contributed by atoms with van der Waals surface area (Å²) in [4.78, 5) is 21.6. The van der Waals surface area contributed by atoms with Crippen molar-refractivity contribution in [3.8, 4) is 5.75 Å². The molecule has 0 saturated carbocycles. The Bertz CT molecular complexity index is 569. The first kappa shape index (κ1) is 16.0. The number of nitrogens with zero attached hydrogens (tertiary/aromatic N) is 1. The Labute approximate surface area is 123 Å². The van der Waals surface area contributed by atoms with Crippen LogP contribution in [0.5, 0.6) is 5.75 Å². The Morgan fingerprint density at radius 2 is 2.20 bits per heavy atom. The van der Waals surface area contributed by atoms with Crippen LogP contribution in [-0.4, -0.2) is 29.7 Å². The van der Waals surface area contributed by atoms with Gasteiger partial charge in [0.1, 0.15) is 5.75 Å². The monoisotopic (exact) mass is 345 g/mol. The number of carbonyl (C=O) groups excluding carboxylic acids is 1. The molecule has 20 heavy (non-hydrogen) atoms. The molecule has 0 atom stereocenters. The first-order valence-electron chi connectivity index (χ1n) is 5.50. The smallest absolute Gasteiger partial charge is 0.373 e. The molecular formula is C12H12BrNO6. The third-order valence-electron chi connectivity index (χ3n) is 2.27. The molecule has 0 saturated heterocycles. The molecule has 0 aromatic heterocycles. The van der Waals surface area contributed by atoms with E-state index in [2.05, 4.69) is 20.7 Å². The van der Waals surface area contributed by atoms with Gasteiger partial charge in [-0.15, -0.1) is 0 Å². The third-order valence-corrected chi connectivity index (χ3v) is 2.89. The summed E-state index contributed by atoms with van der Waals surface area (Å²) in [6.45, 7) is 1.67. The van der Waals surface area contributed by atoms with Gasteiger partial charge in [0.2, 0.25) is 5.76 Å². The predicted octanol–water partition coefficient (Wildman–Crippen LogP) is 2.83. The number of nitro groups is 1. The van der Waals surface area contributed by atoms with E-state index in [1.165, 1.54) is 19.2 Å². The van der Waals surface area contributed by atoms with Crippen LogP contribution in [0.1, 0.15) is 12.5 Å². The minimum atomic E-state index is -0.950. The third kappa shape index (κ3) is 3.70. The lowest BCUT2D eigenvalue weighted by atomic mass is 10.1. The van der Waals surface area contributed by atoms with Crippen LogP contribution >= 0.6 is 15.9 Å². The minimum Gasteiger partial charge on any atom is -0.502 e. The minimum absolute atomic E-state index is 0.0493. The van der Waals surface area contributed by atoms with Crippen LogP contribution in [0.4, 0.5) is 5.69 Å². The summed E-state index contributed by atoms with van der Waals surface area (Å²) in [6, 6.07) is 2.56. The molecule has 7 nitrogen and oxygen atoms in total. The molecule has 1 aromatic carbocycles. The van der Waals surface area contributed by atoms with Crippen LogP contribution < -0.4 is 4.74 Å². The van der Waals surface area contributed by atoms with Crippen molar-refractivity contribution in [1.29, 1.82) is 0 Å². The number of carbonyl (C=O) groups is 1. The van der Waals surface area contributed by atoms with Gasteiger partial charge in [-0.2, -0.15) is 0 Å². The van der Waals surface area contributed by atoms with Gasteiger partial charge in [-0.3, -0.25) is 10.1 Å². The number of aliphatic hydroxyl groups excluding tert-OH is 1. The fourth-order valence-electron chi connectivity index (χ4n) is 1.40. The van der Waals surface area contributed by atoms with Gasteiger partial charge in [-0.1, -0.05) is 0 Å². The Morgan fingerprint density at radius 3 is 2.70 bits per heavy atom. The van der Waals surface area contributed by atoms with Crippen molar-refractivity contribution in [2.24, 2.45) is 0 Å². The summed E-state index contributed by atoms with van der Waals surface area (Å²) in [5.41, 5.74) is -0.255. The van der Waals surface area contributed by atoms with Gasteiger partial charge in [-0.25, -0.2) is 4.79 Å². The van der Waals surface area contributed by atoms with Gasteiger partial charge in [0.25, 0.3) is 5.69 Å². The molecule has 0 amide bonds. The van der Waals surface area contributed by atoms with Gasteiger partial charge in [0, 0.05) is 6.08 Å². The molecule has 0 fully saturated rings. The zero-order valence-corrected chi connectivity index (χ0v) is 12.3. The van der Waals surface area contributed by atoms with E-state index in [0.29, 0.717) is 4.47 Å². The number of aliphatic hydroxyl groups is 1. The van der Waals surface area contributed by atoms with E-state index >= 15 is 0 Å². The lowest BCUT2D eigenvalue weighted by Gasteiger charge is -2.06. The fourth-order valence-corrected chi connectivity index (χ4v) is 1.92. The van der Waals surface area contributed by atoms with Crippen LogP contribution in [0.15, 0.2) is 22.4 Å². The van der Waals surface area contributed by atoms with Crippen molar-refractivity contribution in [1.82, 2.24) is 0 Å². The zero-order chi connectivity index (χ0) is 15.3. The summed E-state index contributed by atoms with van der Waals surface area (Å²) >= 11 is 3.17. The zero-order valence-electron chi connectivity index (χ0n) is 10.8. The van der Waals surface area contributed by atoms with Crippen LogP contribution in [0.3, 0.4) is 0 Å². The average Bonchev–Trinajstić information content (AvgIpc) is 2.38. The van der Waals surface area contributed by atoms with Crippen LogP contribution in [0.2, 0.25) is 0 Å². The lowest BCUT2D eigenvalue weighted by Crippen LogP contribution is -2.07. The lowest BCUT2D eigenvalue weighted by molar-refractivity contribution is -0.385. The summed E-state index contributed by atoms with van der Waals surface area (Å²) in [7, 11) is 1.37. The predicted molar refractivity (Wildman–Crippen MR) is 74.6 cm³/mol. The Kier molecular flexibility index (Phi) is 5.51. The number of hydrogen-bond acceptors (Lipinski definition) is 6. The van der Waals surface area contributed by atoms with Crippen molar-refractivity contribution in [3.05, 3.63) is 38.0 Å². The Balaban J connectivity index is 3.30. The van der Waals surface area contributed by atoms with Crippen LogP contribution in [-0.2, 0) is 9.53 Å². The highest BCUT2D eigenvalue weighted by molar-refractivity contribution is 9.10. The number of ether oxygens (including phenoxy) is 2. The van der Waals surface area contributed by atoms with Crippen molar-refractivity contribution in [3.63, 3.8) is 0 Å². The molecule has 8 heteroatoms. The summed E-state index contributed by atoms with van der Waals surface area (Å²) in [5.74, 6) is -1.40. The second-order valence-corrected chi connectivity index (χ2v) is 4.41. The van der Waals surface area contributed by atoms with Crippen LogP contribution in [0.25, 0.3) is 6.08 Å². The SMILES string of the molecule is CCOC(=O)C(O)=Cc1cc(Br)c(OC)cc1[N+](=O)[O-]. The number of halogens is 1. The van der Waals surface area contributed by atoms with Gasteiger partial charge in [-0.05, 0) is 28.9 Å². The Hall–Kier alpha value is -2.09. The quantitative estimate of drug-likeness (QED) is 0.289. The summed E-state index contributed by atoms with van der Waals surface area (Å²) < 4.78 is 10.00. The first-order chi connectivity index (χ1) is 9.40. The highest BCUT2D eigenvalue weighted by atomic mass is 79.9. The normalized spacial score (nSPS) is 11.1. The van der Waals surface area contributed by atoms with Gasteiger partial charge in [0.05, 0.1) is 34.7 Å². The molecule has 0 heterocycles. The highest BCUT2D eigenvalue weighted by Gasteiger charge is 2.19. The van der Waals surface area contributed by atoms with Gasteiger partial charge in [0.15, 0.2) is 0 Å². The van der Waals surface area contributed by atoms with Gasteiger partial charge < -0.3 is 14.6 Å². The number of methoxy groups -OCH3 is 1. The second-order valence-electron chi connectivity index (χ2n) is 3.55. The number of nitro benzene ring substituents is 1. The Morgan fingerprint density at radius 1 is 1.55 bits per heavy atom. The van der Waals surface area contributed by atoms with Crippen molar-refractivity contribution < 1.29 is 24.3 Å². The van der Waals surface area contributed by atoms with E-state index in [4.69, 9.17) is 4.74 Å². The first-order valence-corrected chi connectivity index (χ1v) is 6.29. The maximum Gasteiger partial charge on any atom is 0.373 e. The number of esters is 1. The van der Waals surface area contributed by atoms with Crippen molar-refractivity contribution >= 4 is 33.7 Å². The number of hydrogen-bond donors (Lipinski definition) is 1. The molecular weight excluding hydrogens is 334 g/mol. The number of benzene rings is 1. The number of rotatable bonds is 5.